The maximum atomic E-state index is 4.89. The van der Waals surface area contributed by atoms with E-state index in [1.165, 1.54) is 83.5 Å². The summed E-state index contributed by atoms with van der Waals surface area (Å²) in [6, 6.07) is 84.9. The van der Waals surface area contributed by atoms with E-state index in [0.29, 0.717) is 5.92 Å². The number of rotatable bonds is 13. The average molecular weight is 1180 g/mol. The highest BCUT2D eigenvalue weighted by atomic mass is 15.2. The Kier molecular flexibility index (Phi) is 14.5. The number of anilines is 5. The van der Waals surface area contributed by atoms with Gasteiger partial charge in [-0.05, 0) is 187 Å². The molecule has 0 fully saturated rings. The van der Waals surface area contributed by atoms with E-state index >= 15 is 0 Å². The monoisotopic (exact) mass is 1180 g/mol. The van der Waals surface area contributed by atoms with Gasteiger partial charge in [-0.25, -0.2) is 0 Å². The number of nitrogens with zero attached hydrogens (tertiary/aromatic N) is 2. The van der Waals surface area contributed by atoms with Gasteiger partial charge in [0, 0.05) is 60.5 Å². The molecular weight excluding hydrogens is 1100 g/mol. The second-order valence-corrected chi connectivity index (χ2v) is 27.2. The van der Waals surface area contributed by atoms with Crippen molar-refractivity contribution < 1.29 is 0 Å². The molecule has 0 heterocycles. The second-order valence-electron chi connectivity index (χ2n) is 27.2. The Morgan fingerprint density at radius 3 is 1.45 bits per heavy atom. The molecule has 11 aromatic carbocycles. The SMILES string of the molecule is C=C/C=C\C(=C(/C)C(C)C)c1cc(N(c2ccc3c(c2)C(C)(C)c2ccccc2-3)c2c3ccc(-c4ccccc4)cc3c(N(C(/C=C3\C(=C)c4ccccc4C3(C)C)=C/C)c3ccc4c(c3)C(C)(C)c3ccccc3-4)c3ccc(-c4ccccc4)cc23)ccc1C. The van der Waals surface area contributed by atoms with Gasteiger partial charge in [-0.3, -0.25) is 0 Å². The molecule has 0 N–H and O–H groups in total. The summed E-state index contributed by atoms with van der Waals surface area (Å²) in [7, 11) is 0. The van der Waals surface area contributed by atoms with Crippen molar-refractivity contribution in [1.82, 2.24) is 0 Å². The summed E-state index contributed by atoms with van der Waals surface area (Å²) >= 11 is 0. The van der Waals surface area contributed by atoms with Crippen LogP contribution in [-0.4, -0.2) is 0 Å². The van der Waals surface area contributed by atoms with Crippen molar-refractivity contribution in [2.24, 2.45) is 5.92 Å². The van der Waals surface area contributed by atoms with Gasteiger partial charge in [-0.2, -0.15) is 0 Å². The van der Waals surface area contributed by atoms with Crippen LogP contribution >= 0.6 is 0 Å². The Hall–Kier alpha value is -10.0. The fraction of sp³-hybridized carbons (Fsp3) is 0.169. The molecule has 3 aliphatic rings. The summed E-state index contributed by atoms with van der Waals surface area (Å²) in [6.45, 7) is 34.7. The molecule has 0 spiro atoms. The molecule has 14 rings (SSSR count). The standard InChI is InChI=1S/C89H80N2/c1-14-16-33-68(58(6)56(3)4)76-52-65(43-40-57(76)5)91(67-45-49-73-71-36-25-28-39-81(71)89(12,13)84(73)55-67)86-75-47-42-62(60-29-19-17-20-30-60)50-77(75)85(74-46-41-63(51-78(74)86)61-31-21-18-22-32-61)90(64(15-2)53-82-59(7)69-34-23-26-37-79(69)87(82,8)9)66-44-48-72-70-35-24-27-38-80(70)88(10,11)83(72)54-66/h14-56H,1,7H2,2-6,8-13H3/b33-16-,64-15+,68-58-,82-53+. The third kappa shape index (κ3) is 9.52. The lowest BCUT2D eigenvalue weighted by Crippen LogP contribution is -2.21. The molecule has 0 unspecified atom stereocenters. The molecule has 0 aromatic heterocycles. The number of hydrogen-bond donors (Lipinski definition) is 0. The maximum Gasteiger partial charge on any atom is 0.0620 e. The molecule has 3 aliphatic carbocycles. The van der Waals surface area contributed by atoms with Crippen molar-refractivity contribution in [3.63, 3.8) is 0 Å². The van der Waals surface area contributed by atoms with Crippen molar-refractivity contribution in [2.45, 2.75) is 92.4 Å². The molecule has 0 saturated heterocycles. The normalized spacial score (nSPS) is 15.6. The van der Waals surface area contributed by atoms with E-state index in [4.69, 9.17) is 6.58 Å². The summed E-state index contributed by atoms with van der Waals surface area (Å²) in [5.41, 5.74) is 30.5. The first-order chi connectivity index (χ1) is 43.9. The van der Waals surface area contributed by atoms with Crippen LogP contribution in [0.3, 0.4) is 0 Å². The zero-order chi connectivity index (χ0) is 63.3. The zero-order valence-corrected chi connectivity index (χ0v) is 54.6. The maximum absolute atomic E-state index is 4.89. The number of benzene rings is 11. The van der Waals surface area contributed by atoms with Crippen molar-refractivity contribution in [3.05, 3.63) is 329 Å². The fourth-order valence-corrected chi connectivity index (χ4v) is 15.4. The van der Waals surface area contributed by atoms with E-state index in [9.17, 15) is 0 Å². The number of hydrogen-bond acceptors (Lipinski definition) is 2. The Bertz CT molecular complexity index is 4930. The van der Waals surface area contributed by atoms with Crippen LogP contribution in [-0.2, 0) is 16.2 Å². The first-order valence-electron chi connectivity index (χ1n) is 32.4. The first kappa shape index (κ1) is 58.7. The van der Waals surface area contributed by atoms with Crippen molar-refractivity contribution in [2.75, 3.05) is 9.80 Å². The van der Waals surface area contributed by atoms with Gasteiger partial charge in [0.05, 0.1) is 11.4 Å². The quantitative estimate of drug-likeness (QED) is 0.0645. The van der Waals surface area contributed by atoms with Crippen LogP contribution in [0.2, 0.25) is 0 Å². The van der Waals surface area contributed by atoms with Crippen LogP contribution in [0.4, 0.5) is 28.4 Å². The summed E-state index contributed by atoms with van der Waals surface area (Å²) < 4.78 is 0. The van der Waals surface area contributed by atoms with Gasteiger partial charge in [0.15, 0.2) is 0 Å². The molecule has 0 atom stereocenters. The molecular formula is C89H80N2. The third-order valence-corrected chi connectivity index (χ3v) is 20.6. The topological polar surface area (TPSA) is 6.48 Å². The molecule has 0 amide bonds. The average Bonchev–Trinajstić information content (AvgIpc) is 1.69. The van der Waals surface area contributed by atoms with E-state index in [2.05, 4.69) is 341 Å². The molecule has 0 saturated carbocycles. The highest BCUT2D eigenvalue weighted by Crippen LogP contribution is 2.58. The van der Waals surface area contributed by atoms with Crippen LogP contribution in [0, 0.1) is 12.8 Å². The lowest BCUT2D eigenvalue weighted by molar-refractivity contribution is 0.659. The van der Waals surface area contributed by atoms with Gasteiger partial charge in [-0.15, -0.1) is 0 Å². The third-order valence-electron chi connectivity index (χ3n) is 20.6. The summed E-state index contributed by atoms with van der Waals surface area (Å²) in [4.78, 5) is 5.21. The minimum atomic E-state index is -0.322. The molecule has 0 radical (unpaired) electrons. The fourth-order valence-electron chi connectivity index (χ4n) is 15.4. The molecule has 2 heteroatoms. The van der Waals surface area contributed by atoms with Gasteiger partial charge in [0.2, 0.25) is 0 Å². The summed E-state index contributed by atoms with van der Waals surface area (Å²) in [5, 5.41) is 4.50. The van der Waals surface area contributed by atoms with E-state index in [-0.39, 0.29) is 16.2 Å². The van der Waals surface area contributed by atoms with E-state index in [1.807, 2.05) is 6.08 Å². The summed E-state index contributed by atoms with van der Waals surface area (Å²) in [6.07, 6.45) is 11.0. The molecule has 446 valence electrons. The highest BCUT2D eigenvalue weighted by molar-refractivity contribution is 6.24. The highest BCUT2D eigenvalue weighted by Gasteiger charge is 2.40. The van der Waals surface area contributed by atoms with Crippen LogP contribution in [0.1, 0.15) is 114 Å². The van der Waals surface area contributed by atoms with Crippen LogP contribution in [0.15, 0.2) is 285 Å². The minimum absolute atomic E-state index is 0.255. The van der Waals surface area contributed by atoms with Gasteiger partial charge < -0.3 is 9.80 Å². The summed E-state index contributed by atoms with van der Waals surface area (Å²) in [5.74, 6) is 0.320. The van der Waals surface area contributed by atoms with E-state index < -0.39 is 0 Å². The Morgan fingerprint density at radius 2 is 0.912 bits per heavy atom. The second kappa shape index (κ2) is 22.5. The Labute approximate surface area is 539 Å². The van der Waals surface area contributed by atoms with Crippen molar-refractivity contribution in [1.29, 1.82) is 0 Å². The predicted octanol–water partition coefficient (Wildman–Crippen LogP) is 24.9. The zero-order valence-electron chi connectivity index (χ0n) is 54.6. The van der Waals surface area contributed by atoms with E-state index in [1.54, 1.807) is 0 Å². The number of fused-ring (bicyclic) bond motifs is 9. The molecule has 0 bridgehead atoms. The van der Waals surface area contributed by atoms with Crippen molar-refractivity contribution >= 4 is 61.1 Å². The van der Waals surface area contributed by atoms with E-state index in [0.717, 1.165) is 83.5 Å². The minimum Gasteiger partial charge on any atom is -0.310 e. The molecule has 91 heavy (non-hydrogen) atoms. The predicted molar refractivity (Wildman–Crippen MR) is 393 cm³/mol. The number of aryl methyl sites for hydroxylation is 1. The lowest BCUT2D eigenvalue weighted by atomic mass is 9.81. The first-order valence-corrected chi connectivity index (χ1v) is 32.4. The Balaban J connectivity index is 1.15. The van der Waals surface area contributed by atoms with Gasteiger partial charge in [0.25, 0.3) is 0 Å². The molecule has 11 aromatic rings. The number of allylic oxidation sites excluding steroid dienone is 9. The largest absolute Gasteiger partial charge is 0.310 e. The van der Waals surface area contributed by atoms with Crippen LogP contribution < -0.4 is 9.80 Å². The molecule has 0 aliphatic heterocycles. The lowest BCUT2D eigenvalue weighted by Gasteiger charge is -2.35. The molecule has 2 nitrogen and oxygen atoms in total. The Morgan fingerprint density at radius 1 is 0.451 bits per heavy atom. The van der Waals surface area contributed by atoms with Gasteiger partial charge in [0.1, 0.15) is 0 Å². The van der Waals surface area contributed by atoms with Gasteiger partial charge >= 0.3 is 0 Å². The van der Waals surface area contributed by atoms with Crippen LogP contribution in [0.25, 0.3) is 77.2 Å². The van der Waals surface area contributed by atoms with Gasteiger partial charge in [-0.1, -0.05) is 274 Å². The smallest absolute Gasteiger partial charge is 0.0620 e. The van der Waals surface area contributed by atoms with Crippen molar-refractivity contribution in [3.8, 4) is 44.5 Å². The van der Waals surface area contributed by atoms with Crippen LogP contribution in [0.5, 0.6) is 0 Å².